The van der Waals surface area contributed by atoms with Crippen molar-refractivity contribution in [1.29, 1.82) is 0 Å². The van der Waals surface area contributed by atoms with Crippen LogP contribution in [0, 0.1) is 12.8 Å². The van der Waals surface area contributed by atoms with Gasteiger partial charge < -0.3 is 10.2 Å². The van der Waals surface area contributed by atoms with Crippen molar-refractivity contribution in [3.8, 4) is 0 Å². The summed E-state index contributed by atoms with van der Waals surface area (Å²) in [4.78, 5) is 23.7. The molecule has 4 heterocycles. The molecule has 1 saturated heterocycles. The van der Waals surface area contributed by atoms with Crippen LogP contribution in [0.15, 0.2) is 0 Å². The lowest BCUT2D eigenvalue weighted by Crippen LogP contribution is -2.49. The summed E-state index contributed by atoms with van der Waals surface area (Å²) in [7, 11) is 1.84. The highest BCUT2D eigenvalue weighted by molar-refractivity contribution is 6.09. The lowest BCUT2D eigenvalue weighted by Gasteiger charge is -2.37. The van der Waals surface area contributed by atoms with Crippen LogP contribution in [0.4, 0.5) is 11.6 Å². The largest absolute Gasteiger partial charge is 0.344 e. The van der Waals surface area contributed by atoms with Gasteiger partial charge in [0.1, 0.15) is 23.1 Å². The molecule has 0 aliphatic carbocycles. The maximum atomic E-state index is 12.5. The second-order valence-corrected chi connectivity index (χ2v) is 6.11. The third-order valence-corrected chi connectivity index (χ3v) is 4.41. The van der Waals surface area contributed by atoms with Crippen molar-refractivity contribution < 1.29 is 4.79 Å². The number of nitrogens with zero attached hydrogens (tertiary/aromatic N) is 5. The molecule has 7 nitrogen and oxygen atoms in total. The first-order valence-electron chi connectivity index (χ1n) is 7.33. The van der Waals surface area contributed by atoms with Gasteiger partial charge in [-0.1, -0.05) is 6.92 Å². The van der Waals surface area contributed by atoms with Crippen LogP contribution in [0.25, 0.3) is 11.0 Å². The van der Waals surface area contributed by atoms with Gasteiger partial charge in [-0.3, -0.25) is 4.79 Å². The minimum absolute atomic E-state index is 0.0116. The first-order valence-corrected chi connectivity index (χ1v) is 7.33. The van der Waals surface area contributed by atoms with Gasteiger partial charge in [0.25, 0.3) is 0 Å². The summed E-state index contributed by atoms with van der Waals surface area (Å²) in [6, 6.07) is -0.154. The van der Waals surface area contributed by atoms with Crippen molar-refractivity contribution in [2.24, 2.45) is 13.0 Å². The quantitative estimate of drug-likeness (QED) is 0.788. The van der Waals surface area contributed by atoms with E-state index >= 15 is 0 Å². The predicted molar refractivity (Wildman–Crippen MR) is 79.2 cm³/mol. The van der Waals surface area contributed by atoms with Gasteiger partial charge in [-0.15, -0.1) is 0 Å². The minimum atomic E-state index is -0.154. The van der Waals surface area contributed by atoms with Crippen molar-refractivity contribution in [3.05, 3.63) is 5.82 Å². The van der Waals surface area contributed by atoms with Gasteiger partial charge in [0.05, 0.1) is 0 Å². The predicted octanol–water partition coefficient (Wildman–Crippen LogP) is 1.23. The number of nitrogens with one attached hydrogen (secondary N) is 1. The minimum Gasteiger partial charge on any atom is -0.344 e. The van der Waals surface area contributed by atoms with Gasteiger partial charge in [0, 0.05) is 13.6 Å². The van der Waals surface area contributed by atoms with Crippen LogP contribution in [0.1, 0.15) is 25.6 Å². The van der Waals surface area contributed by atoms with Crippen LogP contribution in [0.2, 0.25) is 0 Å². The lowest BCUT2D eigenvalue weighted by atomic mass is 9.94. The van der Waals surface area contributed by atoms with Crippen LogP contribution >= 0.6 is 0 Å². The molecule has 2 unspecified atom stereocenters. The monoisotopic (exact) mass is 286 g/mol. The molecule has 1 N–H and O–H groups in total. The fraction of sp³-hybridized carbons (Fsp3) is 0.571. The number of hydrogen-bond donors (Lipinski definition) is 1. The zero-order valence-electron chi connectivity index (χ0n) is 12.4. The number of anilines is 2. The Kier molecular flexibility index (Phi) is 2.49. The highest BCUT2D eigenvalue weighted by Crippen LogP contribution is 2.37. The molecule has 21 heavy (non-hydrogen) atoms. The van der Waals surface area contributed by atoms with E-state index in [4.69, 9.17) is 0 Å². The smallest absolute Gasteiger partial charge is 0.248 e. The Morgan fingerprint density at radius 1 is 1.29 bits per heavy atom. The molecule has 1 fully saturated rings. The molecular weight excluding hydrogens is 268 g/mol. The number of amides is 1. The summed E-state index contributed by atoms with van der Waals surface area (Å²) in [5.74, 6) is 2.69. The molecule has 2 aliphatic rings. The Morgan fingerprint density at radius 2 is 2.10 bits per heavy atom. The fourth-order valence-corrected chi connectivity index (χ4v) is 3.39. The molecule has 0 saturated carbocycles. The van der Waals surface area contributed by atoms with Gasteiger partial charge in [-0.2, -0.15) is 5.10 Å². The third kappa shape index (κ3) is 1.73. The normalized spacial score (nSPS) is 24.7. The Morgan fingerprint density at radius 3 is 2.90 bits per heavy atom. The van der Waals surface area contributed by atoms with Crippen LogP contribution in [0.5, 0.6) is 0 Å². The third-order valence-electron chi connectivity index (χ3n) is 4.41. The number of rotatable bonds is 0. The van der Waals surface area contributed by atoms with Gasteiger partial charge in [0.15, 0.2) is 11.5 Å². The number of hydrogen-bond acceptors (Lipinski definition) is 5. The number of aryl methyl sites for hydroxylation is 2. The van der Waals surface area contributed by atoms with E-state index in [1.54, 1.807) is 4.68 Å². The van der Waals surface area contributed by atoms with Gasteiger partial charge in [-0.25, -0.2) is 14.6 Å². The number of carbonyl (C=O) groups excluding carboxylic acids is 1. The maximum absolute atomic E-state index is 12.5. The molecule has 7 heteroatoms. The molecule has 0 radical (unpaired) electrons. The Balaban J connectivity index is 2.01. The lowest BCUT2D eigenvalue weighted by molar-refractivity contribution is -0.118. The second kappa shape index (κ2) is 4.16. The van der Waals surface area contributed by atoms with Crippen molar-refractivity contribution in [2.45, 2.75) is 32.7 Å². The van der Waals surface area contributed by atoms with Gasteiger partial charge in [0.2, 0.25) is 5.91 Å². The summed E-state index contributed by atoms with van der Waals surface area (Å²) in [5, 5.41) is 8.21. The molecule has 2 aliphatic heterocycles. The molecule has 0 bridgehead atoms. The van der Waals surface area contributed by atoms with E-state index in [9.17, 15) is 4.79 Å². The molecule has 1 amide bonds. The van der Waals surface area contributed by atoms with Crippen molar-refractivity contribution >= 4 is 28.6 Å². The van der Waals surface area contributed by atoms with Crippen LogP contribution < -0.4 is 10.2 Å². The molecule has 4 rings (SSSR count). The first kappa shape index (κ1) is 12.6. The first-order chi connectivity index (χ1) is 10.0. The van der Waals surface area contributed by atoms with E-state index in [0.717, 1.165) is 36.2 Å². The SMILES string of the molecule is Cc1nc2c3c(nn(C)c3n1)NC(=O)C1CCC(C)CN21. The topological polar surface area (TPSA) is 75.9 Å². The van der Waals surface area contributed by atoms with Crippen molar-refractivity contribution in [2.75, 3.05) is 16.8 Å². The summed E-state index contributed by atoms with van der Waals surface area (Å²) < 4.78 is 1.71. The average Bonchev–Trinajstić information content (AvgIpc) is 2.68. The standard InChI is InChI=1S/C14H18N6O/c1-7-4-5-9-14(21)17-11-10-12(19(3)18-11)15-8(2)16-13(10)20(9)6-7/h7,9H,4-6H2,1-3H3,(H,17,18,21). The summed E-state index contributed by atoms with van der Waals surface area (Å²) in [6.07, 6.45) is 1.92. The number of fused-ring (bicyclic) bond motifs is 2. The molecular formula is C14H18N6O. The zero-order chi connectivity index (χ0) is 14.7. The Bertz CT molecular complexity index is 751. The van der Waals surface area contributed by atoms with E-state index in [1.807, 2.05) is 14.0 Å². The van der Waals surface area contributed by atoms with E-state index in [-0.39, 0.29) is 11.9 Å². The summed E-state index contributed by atoms with van der Waals surface area (Å²) in [5.41, 5.74) is 0.770. The zero-order valence-corrected chi connectivity index (χ0v) is 12.4. The van der Waals surface area contributed by atoms with Crippen LogP contribution in [0.3, 0.4) is 0 Å². The molecule has 2 aromatic heterocycles. The Hall–Kier alpha value is -2.18. The number of carbonyl (C=O) groups is 1. The van der Waals surface area contributed by atoms with Gasteiger partial charge >= 0.3 is 0 Å². The molecule has 0 spiro atoms. The van der Waals surface area contributed by atoms with E-state index in [2.05, 4.69) is 32.2 Å². The fourth-order valence-electron chi connectivity index (χ4n) is 3.39. The summed E-state index contributed by atoms with van der Waals surface area (Å²) in [6.45, 7) is 4.94. The van der Waals surface area contributed by atoms with Crippen LogP contribution in [-0.4, -0.2) is 38.2 Å². The molecule has 0 aromatic carbocycles. The van der Waals surface area contributed by atoms with Crippen molar-refractivity contribution in [1.82, 2.24) is 19.7 Å². The van der Waals surface area contributed by atoms with Gasteiger partial charge in [-0.05, 0) is 25.7 Å². The molecule has 2 atom stereocenters. The average molecular weight is 286 g/mol. The highest BCUT2D eigenvalue weighted by Gasteiger charge is 2.37. The number of aromatic nitrogens is 4. The number of piperidine rings is 1. The highest BCUT2D eigenvalue weighted by atomic mass is 16.2. The molecule has 110 valence electrons. The Labute approximate surface area is 122 Å². The summed E-state index contributed by atoms with van der Waals surface area (Å²) >= 11 is 0. The maximum Gasteiger partial charge on any atom is 0.248 e. The van der Waals surface area contributed by atoms with E-state index in [0.29, 0.717) is 17.6 Å². The second-order valence-electron chi connectivity index (χ2n) is 6.11. The molecule has 2 aromatic rings. The van der Waals surface area contributed by atoms with Crippen molar-refractivity contribution in [3.63, 3.8) is 0 Å². The van der Waals surface area contributed by atoms with E-state index in [1.165, 1.54) is 0 Å². The van der Waals surface area contributed by atoms with E-state index < -0.39 is 0 Å². The van der Waals surface area contributed by atoms with Crippen LogP contribution in [-0.2, 0) is 11.8 Å².